The van der Waals surface area contributed by atoms with E-state index in [0.29, 0.717) is 0 Å². The number of nitrogens with one attached hydrogen (secondary N) is 1. The molecule has 0 aromatic rings. The van der Waals surface area contributed by atoms with Crippen LogP contribution in [-0.4, -0.2) is 28.8 Å². The van der Waals surface area contributed by atoms with Crippen molar-refractivity contribution >= 4 is 46.7 Å². The number of halogens is 3. The molecule has 1 fully saturated rings. The van der Waals surface area contributed by atoms with Gasteiger partial charge < -0.3 is 10.1 Å². The van der Waals surface area contributed by atoms with Gasteiger partial charge in [-0.3, -0.25) is 9.59 Å². The number of hydrogen-bond acceptors (Lipinski definition) is 3. The second-order valence-electron chi connectivity index (χ2n) is 4.57. The van der Waals surface area contributed by atoms with Crippen LogP contribution in [0.1, 0.15) is 39.5 Å². The maximum atomic E-state index is 10.6. The molecule has 0 aliphatic heterocycles. The van der Waals surface area contributed by atoms with Gasteiger partial charge in [-0.15, -0.1) is 0 Å². The standard InChI is InChI=1S/C9H16O2.C3H4Cl3NO/c1-7-3-5-9(6-4-7)11-8(2)10;1-7-2(8)3(4,5)6/h7,9H,3-6H2,1-2H3;1H3,(H,7,8). The average molecular weight is 333 g/mol. The Kier molecular flexibility index (Phi) is 8.79. The molecule has 112 valence electrons. The molecule has 1 N–H and O–H groups in total. The molecular formula is C12H20Cl3NO3. The third-order valence-corrected chi connectivity index (χ3v) is 3.29. The van der Waals surface area contributed by atoms with Gasteiger partial charge in [-0.2, -0.15) is 0 Å². The highest BCUT2D eigenvalue weighted by Crippen LogP contribution is 2.25. The molecule has 0 heterocycles. The number of alkyl halides is 3. The van der Waals surface area contributed by atoms with Gasteiger partial charge in [-0.1, -0.05) is 41.7 Å². The van der Waals surface area contributed by atoms with Crippen LogP contribution in [0, 0.1) is 5.92 Å². The predicted octanol–water partition coefficient (Wildman–Crippen LogP) is 3.23. The van der Waals surface area contributed by atoms with Crippen LogP contribution in [0.25, 0.3) is 0 Å². The van der Waals surface area contributed by atoms with Crippen LogP contribution in [-0.2, 0) is 14.3 Å². The summed E-state index contributed by atoms with van der Waals surface area (Å²) in [6.45, 7) is 3.74. The van der Waals surface area contributed by atoms with E-state index in [-0.39, 0.29) is 12.1 Å². The molecule has 1 amide bonds. The van der Waals surface area contributed by atoms with E-state index < -0.39 is 9.70 Å². The fraction of sp³-hybridized carbons (Fsp3) is 0.833. The van der Waals surface area contributed by atoms with Crippen molar-refractivity contribution in [3.8, 4) is 0 Å². The lowest BCUT2D eigenvalue weighted by Gasteiger charge is -2.25. The first-order valence-corrected chi connectivity index (χ1v) is 7.26. The Balaban J connectivity index is 0.000000362. The fourth-order valence-corrected chi connectivity index (χ4v) is 2.01. The Morgan fingerprint density at radius 3 is 1.89 bits per heavy atom. The zero-order valence-electron chi connectivity index (χ0n) is 11.3. The maximum Gasteiger partial charge on any atom is 0.302 e. The van der Waals surface area contributed by atoms with Gasteiger partial charge in [-0.25, -0.2) is 0 Å². The van der Waals surface area contributed by atoms with Gasteiger partial charge >= 0.3 is 5.97 Å². The highest BCUT2D eigenvalue weighted by Gasteiger charge is 2.28. The molecule has 0 aromatic carbocycles. The molecule has 1 rings (SSSR count). The van der Waals surface area contributed by atoms with Gasteiger partial charge in [0.15, 0.2) is 0 Å². The van der Waals surface area contributed by atoms with Crippen LogP contribution in [0.4, 0.5) is 0 Å². The summed E-state index contributed by atoms with van der Waals surface area (Å²) in [4.78, 5) is 20.9. The smallest absolute Gasteiger partial charge is 0.302 e. The van der Waals surface area contributed by atoms with Gasteiger partial charge in [0.05, 0.1) is 0 Å². The normalized spacial score (nSPS) is 22.8. The molecule has 0 atom stereocenters. The number of carbonyl (C=O) groups excluding carboxylic acids is 2. The van der Waals surface area contributed by atoms with Gasteiger partial charge in [0, 0.05) is 14.0 Å². The number of carbonyl (C=O) groups is 2. The van der Waals surface area contributed by atoms with Crippen LogP contribution < -0.4 is 5.32 Å². The van der Waals surface area contributed by atoms with Crippen LogP contribution in [0.2, 0.25) is 0 Å². The van der Waals surface area contributed by atoms with E-state index in [1.807, 2.05) is 0 Å². The van der Waals surface area contributed by atoms with Crippen molar-refractivity contribution in [2.45, 2.75) is 49.4 Å². The second kappa shape index (κ2) is 8.88. The summed E-state index contributed by atoms with van der Waals surface area (Å²) in [5, 5.41) is 2.17. The molecule has 1 aliphatic carbocycles. The molecule has 0 bridgehead atoms. The molecule has 0 aromatic heterocycles. The molecule has 4 nitrogen and oxygen atoms in total. The molecule has 1 aliphatic rings. The van der Waals surface area contributed by atoms with E-state index in [9.17, 15) is 9.59 Å². The largest absolute Gasteiger partial charge is 0.463 e. The Labute approximate surface area is 129 Å². The van der Waals surface area contributed by atoms with E-state index in [4.69, 9.17) is 39.5 Å². The first kappa shape index (κ1) is 18.8. The topological polar surface area (TPSA) is 55.4 Å². The van der Waals surface area contributed by atoms with E-state index in [2.05, 4.69) is 12.2 Å². The second-order valence-corrected chi connectivity index (χ2v) is 6.85. The zero-order chi connectivity index (χ0) is 15.1. The van der Waals surface area contributed by atoms with Crippen molar-refractivity contribution in [3.05, 3.63) is 0 Å². The first-order chi connectivity index (χ1) is 8.66. The molecule has 0 saturated heterocycles. The number of rotatable bonds is 1. The van der Waals surface area contributed by atoms with Crippen molar-refractivity contribution in [1.29, 1.82) is 0 Å². The molecule has 0 unspecified atom stereocenters. The summed E-state index contributed by atoms with van der Waals surface area (Å²) < 4.78 is 3.28. The Morgan fingerprint density at radius 2 is 1.63 bits per heavy atom. The quantitative estimate of drug-likeness (QED) is 0.592. The number of hydrogen-bond donors (Lipinski definition) is 1. The summed E-state index contributed by atoms with van der Waals surface area (Å²) in [5.74, 6) is 0.0638. The molecule has 1 saturated carbocycles. The number of ether oxygens (including phenoxy) is 1. The Morgan fingerprint density at radius 1 is 1.16 bits per heavy atom. The van der Waals surface area contributed by atoms with Gasteiger partial charge in [-0.05, 0) is 31.6 Å². The van der Waals surface area contributed by atoms with Crippen molar-refractivity contribution in [2.24, 2.45) is 5.92 Å². The van der Waals surface area contributed by atoms with Crippen LogP contribution in [0.5, 0.6) is 0 Å². The van der Waals surface area contributed by atoms with Crippen molar-refractivity contribution in [2.75, 3.05) is 7.05 Å². The number of amides is 1. The predicted molar refractivity (Wildman–Crippen MR) is 77.5 cm³/mol. The lowest BCUT2D eigenvalue weighted by Crippen LogP contribution is -2.31. The summed E-state index contributed by atoms with van der Waals surface area (Å²) in [5.41, 5.74) is 0. The van der Waals surface area contributed by atoms with E-state index >= 15 is 0 Å². The first-order valence-electron chi connectivity index (χ1n) is 6.13. The molecule has 7 heteroatoms. The minimum absolute atomic E-state index is 0.135. The third-order valence-electron chi connectivity index (χ3n) is 2.78. The van der Waals surface area contributed by atoms with Gasteiger partial charge in [0.1, 0.15) is 6.10 Å². The molecule has 0 spiro atoms. The third kappa shape index (κ3) is 9.36. The SMILES string of the molecule is CC(=O)OC1CCC(C)CC1.CNC(=O)C(Cl)(Cl)Cl. The summed E-state index contributed by atoms with van der Waals surface area (Å²) in [6, 6.07) is 0. The highest BCUT2D eigenvalue weighted by molar-refractivity contribution is 6.76. The van der Waals surface area contributed by atoms with Gasteiger partial charge in [0.25, 0.3) is 9.70 Å². The lowest BCUT2D eigenvalue weighted by molar-refractivity contribution is -0.148. The minimum Gasteiger partial charge on any atom is -0.463 e. The van der Waals surface area contributed by atoms with Gasteiger partial charge in [0.2, 0.25) is 0 Å². The average Bonchev–Trinajstić information content (AvgIpc) is 2.30. The van der Waals surface area contributed by atoms with Crippen molar-refractivity contribution in [1.82, 2.24) is 5.32 Å². The van der Waals surface area contributed by atoms with E-state index in [1.54, 1.807) is 0 Å². The molecule has 0 radical (unpaired) electrons. The molecular weight excluding hydrogens is 312 g/mol. The summed E-state index contributed by atoms with van der Waals surface area (Å²) in [7, 11) is 1.39. The lowest BCUT2D eigenvalue weighted by atomic mass is 9.89. The van der Waals surface area contributed by atoms with Crippen LogP contribution >= 0.6 is 34.8 Å². The monoisotopic (exact) mass is 331 g/mol. The zero-order valence-corrected chi connectivity index (χ0v) is 13.6. The van der Waals surface area contributed by atoms with Crippen LogP contribution in [0.15, 0.2) is 0 Å². The summed E-state index contributed by atoms with van der Waals surface area (Å²) >= 11 is 15.3. The summed E-state index contributed by atoms with van der Waals surface area (Å²) in [6.07, 6.45) is 4.74. The Hall–Kier alpha value is -0.190. The van der Waals surface area contributed by atoms with Crippen molar-refractivity contribution in [3.63, 3.8) is 0 Å². The van der Waals surface area contributed by atoms with E-state index in [0.717, 1.165) is 18.8 Å². The fourth-order valence-electron chi connectivity index (χ4n) is 1.72. The molecule has 19 heavy (non-hydrogen) atoms. The van der Waals surface area contributed by atoms with E-state index in [1.165, 1.54) is 26.8 Å². The van der Waals surface area contributed by atoms with Crippen molar-refractivity contribution < 1.29 is 14.3 Å². The Bertz CT molecular complexity index is 297. The number of esters is 1. The minimum atomic E-state index is -1.82. The highest BCUT2D eigenvalue weighted by atomic mass is 35.6. The van der Waals surface area contributed by atoms with Crippen LogP contribution in [0.3, 0.4) is 0 Å². The maximum absolute atomic E-state index is 10.6.